The van der Waals surface area contributed by atoms with Gasteiger partial charge in [-0.3, -0.25) is 10.1 Å². The molecule has 1 aromatic carbocycles. The van der Waals surface area contributed by atoms with Crippen LogP contribution in [0.25, 0.3) is 0 Å². The van der Waals surface area contributed by atoms with Crippen LogP contribution in [0, 0.1) is 8.99 Å². The van der Waals surface area contributed by atoms with Crippen LogP contribution in [0.15, 0.2) is 29.2 Å². The summed E-state index contributed by atoms with van der Waals surface area (Å²) in [5, 5.41) is 5.08. The first-order chi connectivity index (χ1) is 11.3. The number of hydrogen-bond donors (Lipinski definition) is 2. The minimum absolute atomic E-state index is 0.254. The summed E-state index contributed by atoms with van der Waals surface area (Å²) in [5.41, 5.74) is -1.46. The number of carbonyl (C=O) groups is 2. The maximum absolute atomic E-state index is 12.8. The van der Waals surface area contributed by atoms with Crippen LogP contribution in [0.2, 0.25) is 0 Å². The van der Waals surface area contributed by atoms with Gasteiger partial charge in [-0.1, -0.05) is 0 Å². The van der Waals surface area contributed by atoms with Gasteiger partial charge >= 0.3 is 6.03 Å². The van der Waals surface area contributed by atoms with Gasteiger partial charge in [-0.2, -0.15) is 4.31 Å². The minimum atomic E-state index is -3.57. The van der Waals surface area contributed by atoms with Crippen molar-refractivity contribution in [1.82, 2.24) is 14.9 Å². The average molecular weight is 461 g/mol. The van der Waals surface area contributed by atoms with Gasteiger partial charge in [-0.15, -0.1) is 0 Å². The smallest absolute Gasteiger partial charge is 0.322 e. The third-order valence-electron chi connectivity index (χ3n) is 5.46. The molecule has 3 fully saturated rings. The van der Waals surface area contributed by atoms with Gasteiger partial charge in [0.25, 0.3) is 5.91 Å². The molecule has 1 saturated carbocycles. The lowest BCUT2D eigenvalue weighted by molar-refractivity contribution is -0.131. The third-order valence-corrected chi connectivity index (χ3v) is 7.99. The molecule has 0 bridgehead atoms. The highest BCUT2D eigenvalue weighted by atomic mass is 127. The van der Waals surface area contributed by atoms with E-state index in [1.807, 2.05) is 0 Å². The molecule has 1 aromatic rings. The van der Waals surface area contributed by atoms with Crippen LogP contribution in [0.1, 0.15) is 19.3 Å². The summed E-state index contributed by atoms with van der Waals surface area (Å²) >= 11 is 2.12. The molecule has 3 aliphatic rings. The molecule has 128 valence electrons. The highest BCUT2D eigenvalue weighted by Crippen LogP contribution is 2.54. The molecule has 1 aliphatic carbocycles. The minimum Gasteiger partial charge on any atom is -0.323 e. The number of nitrogens with zero attached hydrogens (tertiary/aromatic N) is 1. The fourth-order valence-corrected chi connectivity index (χ4v) is 6.17. The number of hydrogen-bond acceptors (Lipinski definition) is 4. The van der Waals surface area contributed by atoms with Crippen molar-refractivity contribution in [3.05, 3.63) is 27.8 Å². The van der Waals surface area contributed by atoms with Crippen molar-refractivity contribution in [2.24, 2.45) is 5.41 Å². The number of nitrogens with one attached hydrogen (secondary N) is 2. The van der Waals surface area contributed by atoms with Crippen molar-refractivity contribution >= 4 is 44.6 Å². The number of rotatable bonds is 2. The van der Waals surface area contributed by atoms with Crippen LogP contribution in [0.5, 0.6) is 0 Å². The molecular formula is C15H16IN3O4S. The van der Waals surface area contributed by atoms with Crippen LogP contribution in [-0.2, 0) is 14.8 Å². The molecular weight excluding hydrogens is 445 g/mol. The molecule has 1 unspecified atom stereocenters. The van der Waals surface area contributed by atoms with E-state index in [0.29, 0.717) is 6.42 Å². The monoisotopic (exact) mass is 461 g/mol. The van der Waals surface area contributed by atoms with Crippen LogP contribution in [0.3, 0.4) is 0 Å². The van der Waals surface area contributed by atoms with E-state index in [1.54, 1.807) is 24.3 Å². The van der Waals surface area contributed by atoms with E-state index >= 15 is 0 Å². The molecule has 2 aliphatic heterocycles. The Hall–Kier alpha value is -1.20. The zero-order valence-corrected chi connectivity index (χ0v) is 15.7. The quantitative estimate of drug-likeness (QED) is 0.509. The first kappa shape index (κ1) is 16.3. The van der Waals surface area contributed by atoms with Crippen molar-refractivity contribution in [2.75, 3.05) is 13.1 Å². The van der Waals surface area contributed by atoms with Crippen molar-refractivity contribution in [3.63, 3.8) is 0 Å². The maximum atomic E-state index is 12.8. The van der Waals surface area contributed by atoms with E-state index in [1.165, 1.54) is 4.31 Å². The number of sulfonamides is 1. The molecule has 3 amide bonds. The van der Waals surface area contributed by atoms with Gasteiger partial charge in [-0.25, -0.2) is 13.2 Å². The molecule has 4 rings (SSSR count). The Morgan fingerprint density at radius 3 is 2.33 bits per heavy atom. The van der Waals surface area contributed by atoms with Gasteiger partial charge in [0.2, 0.25) is 10.0 Å². The van der Waals surface area contributed by atoms with Crippen LogP contribution < -0.4 is 10.6 Å². The first-order valence-corrected chi connectivity index (χ1v) is 10.2. The van der Waals surface area contributed by atoms with Gasteiger partial charge in [0.15, 0.2) is 0 Å². The fourth-order valence-electron chi connectivity index (χ4n) is 4.19. The summed E-state index contributed by atoms with van der Waals surface area (Å²) in [5.74, 6) is -0.323. The van der Waals surface area contributed by atoms with E-state index in [0.717, 1.165) is 16.4 Å². The van der Waals surface area contributed by atoms with E-state index < -0.39 is 27.0 Å². The summed E-state index contributed by atoms with van der Waals surface area (Å²) in [6.45, 7) is 0.518. The molecule has 1 atom stereocenters. The molecule has 2 saturated heterocycles. The summed E-state index contributed by atoms with van der Waals surface area (Å²) in [6.07, 6.45) is 2.09. The summed E-state index contributed by atoms with van der Waals surface area (Å²) < 4.78 is 27.9. The van der Waals surface area contributed by atoms with Crippen molar-refractivity contribution in [3.8, 4) is 0 Å². The van der Waals surface area contributed by atoms with Crippen LogP contribution in [0.4, 0.5) is 4.79 Å². The number of urea groups is 1. The third kappa shape index (κ3) is 2.07. The Balaban J connectivity index is 1.60. The average Bonchev–Trinajstić information content (AvgIpc) is 2.99. The molecule has 9 heteroatoms. The molecule has 0 aromatic heterocycles. The Morgan fingerprint density at radius 1 is 1.08 bits per heavy atom. The van der Waals surface area contributed by atoms with Crippen molar-refractivity contribution < 1.29 is 18.0 Å². The van der Waals surface area contributed by atoms with E-state index in [-0.39, 0.29) is 23.9 Å². The number of fused-ring (bicyclic) bond motifs is 1. The molecule has 2 N–H and O–H groups in total. The van der Waals surface area contributed by atoms with Gasteiger partial charge in [-0.05, 0) is 66.1 Å². The first-order valence-electron chi connectivity index (χ1n) is 7.69. The Bertz CT molecular complexity index is 833. The standard InChI is InChI=1S/C15H16IN3O4S/c16-10-2-4-11(5-3-10)24(22,23)19-8-14(9-19)6-1-7-15(14)12(20)17-13(21)18-15/h2-5H,1,6-9H2,(H2,17,18,20,21). The second-order valence-corrected chi connectivity index (χ2v) is 9.86. The SMILES string of the molecule is O=C1NC(=O)C2(CCCC23CN(S(=O)(=O)c2ccc(I)cc2)C3)N1. The van der Waals surface area contributed by atoms with E-state index in [4.69, 9.17) is 0 Å². The van der Waals surface area contributed by atoms with Gasteiger partial charge in [0.05, 0.1) is 4.90 Å². The lowest BCUT2D eigenvalue weighted by atomic mass is 9.67. The van der Waals surface area contributed by atoms with Gasteiger partial charge in [0, 0.05) is 22.1 Å². The Kier molecular flexibility index (Phi) is 3.49. The fraction of sp³-hybridized carbons (Fsp3) is 0.467. The lowest BCUT2D eigenvalue weighted by Crippen LogP contribution is -2.71. The Labute approximate surface area is 153 Å². The molecule has 2 spiro atoms. The highest BCUT2D eigenvalue weighted by molar-refractivity contribution is 14.1. The van der Waals surface area contributed by atoms with Gasteiger partial charge < -0.3 is 5.32 Å². The van der Waals surface area contributed by atoms with E-state index in [2.05, 4.69) is 33.2 Å². The molecule has 0 radical (unpaired) electrons. The predicted molar refractivity (Wildman–Crippen MR) is 93.6 cm³/mol. The number of imide groups is 1. The largest absolute Gasteiger partial charge is 0.323 e. The second kappa shape index (κ2) is 5.15. The number of amides is 3. The molecule has 24 heavy (non-hydrogen) atoms. The van der Waals surface area contributed by atoms with Crippen molar-refractivity contribution in [1.29, 1.82) is 0 Å². The number of benzene rings is 1. The predicted octanol–water partition coefficient (Wildman–Crippen LogP) is 1.04. The highest BCUT2D eigenvalue weighted by Gasteiger charge is 2.68. The number of halogens is 1. The zero-order chi connectivity index (χ0) is 17.2. The summed E-state index contributed by atoms with van der Waals surface area (Å²) in [7, 11) is -3.57. The lowest BCUT2D eigenvalue weighted by Gasteiger charge is -2.53. The van der Waals surface area contributed by atoms with Crippen molar-refractivity contribution in [2.45, 2.75) is 29.7 Å². The zero-order valence-electron chi connectivity index (χ0n) is 12.7. The Morgan fingerprint density at radius 2 is 1.75 bits per heavy atom. The van der Waals surface area contributed by atoms with Gasteiger partial charge in [0.1, 0.15) is 5.54 Å². The number of carbonyl (C=O) groups excluding carboxylic acids is 2. The normalized spacial score (nSPS) is 28.9. The van der Waals surface area contributed by atoms with Crippen LogP contribution >= 0.6 is 22.6 Å². The molecule has 2 heterocycles. The summed E-state index contributed by atoms with van der Waals surface area (Å²) in [6, 6.07) is 6.21. The maximum Gasteiger partial charge on any atom is 0.322 e. The van der Waals surface area contributed by atoms with E-state index in [9.17, 15) is 18.0 Å². The topological polar surface area (TPSA) is 95.6 Å². The summed E-state index contributed by atoms with van der Waals surface area (Å²) in [4.78, 5) is 24.2. The second-order valence-electron chi connectivity index (χ2n) is 6.67. The molecule has 7 nitrogen and oxygen atoms in total. The van der Waals surface area contributed by atoms with Crippen LogP contribution in [-0.4, -0.2) is 43.3 Å².